The Balaban J connectivity index is 1.52. The number of esters is 2. The van der Waals surface area contributed by atoms with Crippen LogP contribution in [0.3, 0.4) is 0 Å². The number of hydrogen-bond acceptors (Lipinski definition) is 6. The summed E-state index contributed by atoms with van der Waals surface area (Å²) in [5, 5.41) is 14.4. The molecule has 1 unspecified atom stereocenters. The summed E-state index contributed by atoms with van der Waals surface area (Å²) in [6, 6.07) is 16.4. The van der Waals surface area contributed by atoms with E-state index in [4.69, 9.17) is 9.47 Å². The van der Waals surface area contributed by atoms with Gasteiger partial charge in [0.05, 0.1) is 17.2 Å². The molecule has 1 fully saturated rings. The zero-order valence-corrected chi connectivity index (χ0v) is 23.4. The van der Waals surface area contributed by atoms with Crippen molar-refractivity contribution in [2.75, 3.05) is 6.54 Å². The fraction of sp³-hybridized carbons (Fsp3) is 0.394. The lowest BCUT2D eigenvalue weighted by atomic mass is 9.95. The van der Waals surface area contributed by atoms with Crippen LogP contribution in [0.4, 0.5) is 0 Å². The van der Waals surface area contributed by atoms with Crippen molar-refractivity contribution in [3.8, 4) is 5.75 Å². The second-order valence-electron chi connectivity index (χ2n) is 10.7. The van der Waals surface area contributed by atoms with Crippen molar-refractivity contribution in [3.05, 3.63) is 99.1 Å². The van der Waals surface area contributed by atoms with Crippen LogP contribution in [0.1, 0.15) is 92.3 Å². The lowest BCUT2D eigenvalue weighted by molar-refractivity contribution is 0.0469. The summed E-state index contributed by atoms with van der Waals surface area (Å²) >= 11 is 0. The molecule has 0 spiro atoms. The summed E-state index contributed by atoms with van der Waals surface area (Å²) in [4.78, 5) is 25.8. The van der Waals surface area contributed by atoms with Crippen molar-refractivity contribution in [3.63, 3.8) is 0 Å². The van der Waals surface area contributed by atoms with Crippen molar-refractivity contribution in [1.82, 2.24) is 5.32 Å². The number of rotatable bonds is 9. The van der Waals surface area contributed by atoms with Crippen LogP contribution in [0.25, 0.3) is 0 Å². The van der Waals surface area contributed by atoms with Gasteiger partial charge in [0, 0.05) is 18.2 Å². The molecule has 6 heteroatoms. The van der Waals surface area contributed by atoms with Gasteiger partial charge in [-0.15, -0.1) is 0 Å². The van der Waals surface area contributed by atoms with E-state index in [9.17, 15) is 14.7 Å². The van der Waals surface area contributed by atoms with Crippen molar-refractivity contribution in [2.45, 2.75) is 78.6 Å². The molecule has 0 bridgehead atoms. The van der Waals surface area contributed by atoms with E-state index in [0.717, 1.165) is 35.1 Å². The number of ether oxygens (including phenoxy) is 2. The van der Waals surface area contributed by atoms with Crippen molar-refractivity contribution in [2.24, 2.45) is 0 Å². The van der Waals surface area contributed by atoms with Crippen molar-refractivity contribution < 1.29 is 24.2 Å². The number of benzene rings is 3. The Labute approximate surface area is 231 Å². The molecular weight excluding hydrogens is 490 g/mol. The number of aryl methyl sites for hydroxylation is 4. The lowest BCUT2D eigenvalue weighted by Gasteiger charge is -2.24. The molecule has 4 rings (SSSR count). The first-order valence-electron chi connectivity index (χ1n) is 13.8. The van der Waals surface area contributed by atoms with E-state index in [1.807, 2.05) is 39.8 Å². The first-order valence-corrected chi connectivity index (χ1v) is 13.8. The van der Waals surface area contributed by atoms with Gasteiger partial charge in [-0.1, -0.05) is 37.5 Å². The standard InChI is InChI=1S/C33H39NO5/c1-21-10-12-26(16-23(21)3)32(36)38-20-28-18-25(30(35)19-34-29-8-6-5-7-9-29)14-15-31(28)39-33(37)27-13-11-22(2)24(4)17-27/h10-18,29-30,34-35H,5-9,19-20H2,1-4H3. The van der Waals surface area contributed by atoms with Gasteiger partial charge in [0.1, 0.15) is 12.4 Å². The first-order chi connectivity index (χ1) is 18.7. The van der Waals surface area contributed by atoms with E-state index in [2.05, 4.69) is 5.32 Å². The maximum atomic E-state index is 13.0. The van der Waals surface area contributed by atoms with Crippen LogP contribution in [-0.4, -0.2) is 29.6 Å². The number of aliphatic hydroxyl groups is 1. The largest absolute Gasteiger partial charge is 0.457 e. The summed E-state index contributed by atoms with van der Waals surface area (Å²) in [6.45, 7) is 8.19. The predicted molar refractivity (Wildman–Crippen MR) is 152 cm³/mol. The third-order valence-electron chi connectivity index (χ3n) is 7.72. The maximum Gasteiger partial charge on any atom is 0.343 e. The minimum Gasteiger partial charge on any atom is -0.457 e. The van der Waals surface area contributed by atoms with Gasteiger partial charge >= 0.3 is 11.9 Å². The fourth-order valence-electron chi connectivity index (χ4n) is 4.84. The lowest BCUT2D eigenvalue weighted by Crippen LogP contribution is -2.34. The van der Waals surface area contributed by atoms with Crippen LogP contribution < -0.4 is 10.1 Å². The topological polar surface area (TPSA) is 84.9 Å². The molecule has 39 heavy (non-hydrogen) atoms. The third kappa shape index (κ3) is 7.55. The highest BCUT2D eigenvalue weighted by atomic mass is 16.5. The Morgan fingerprint density at radius 3 is 2.05 bits per heavy atom. The maximum absolute atomic E-state index is 13.0. The van der Waals surface area contributed by atoms with Gasteiger partial charge < -0.3 is 19.9 Å². The van der Waals surface area contributed by atoms with Gasteiger partial charge in [0.25, 0.3) is 0 Å². The van der Waals surface area contributed by atoms with Gasteiger partial charge in [0.15, 0.2) is 0 Å². The summed E-state index contributed by atoms with van der Waals surface area (Å²) in [7, 11) is 0. The first kappa shape index (κ1) is 28.5. The molecule has 0 aliphatic heterocycles. The van der Waals surface area contributed by atoms with Gasteiger partial charge in [0.2, 0.25) is 0 Å². The molecular formula is C33H39NO5. The molecule has 3 aromatic carbocycles. The van der Waals surface area contributed by atoms with Crippen LogP contribution in [0.5, 0.6) is 5.75 Å². The van der Waals surface area contributed by atoms with E-state index in [1.54, 1.807) is 42.5 Å². The normalized spacial score (nSPS) is 14.6. The Kier molecular flexibility index (Phi) is 9.54. The molecule has 0 heterocycles. The van der Waals surface area contributed by atoms with E-state index in [0.29, 0.717) is 40.6 Å². The highest BCUT2D eigenvalue weighted by molar-refractivity contribution is 5.92. The second-order valence-corrected chi connectivity index (χ2v) is 10.7. The van der Waals surface area contributed by atoms with Crippen molar-refractivity contribution >= 4 is 11.9 Å². The van der Waals surface area contributed by atoms with Crippen molar-refractivity contribution in [1.29, 1.82) is 0 Å². The molecule has 3 aromatic rings. The number of carbonyl (C=O) groups is 2. The molecule has 0 radical (unpaired) electrons. The minimum atomic E-state index is -0.745. The van der Waals surface area contributed by atoms with Crippen LogP contribution in [0.15, 0.2) is 54.6 Å². The molecule has 0 aromatic heterocycles. The van der Waals surface area contributed by atoms with Gasteiger partial charge in [-0.25, -0.2) is 9.59 Å². The molecule has 6 nitrogen and oxygen atoms in total. The minimum absolute atomic E-state index is 0.0993. The zero-order chi connectivity index (χ0) is 27.9. The number of aliphatic hydroxyl groups excluding tert-OH is 1. The number of carbonyl (C=O) groups excluding carboxylic acids is 2. The average molecular weight is 530 g/mol. The summed E-state index contributed by atoms with van der Waals surface area (Å²) < 4.78 is 11.4. The SMILES string of the molecule is Cc1ccc(C(=O)OCc2cc(C(O)CNC3CCCCC3)ccc2OC(=O)c2ccc(C)c(C)c2)cc1C. The van der Waals surface area contributed by atoms with Gasteiger partial charge in [-0.05, 0) is 105 Å². The highest BCUT2D eigenvalue weighted by Gasteiger charge is 2.19. The van der Waals surface area contributed by atoms with E-state index in [-0.39, 0.29) is 6.61 Å². The summed E-state index contributed by atoms with van der Waals surface area (Å²) in [5.41, 5.74) is 6.26. The van der Waals surface area contributed by atoms with Gasteiger partial charge in [-0.3, -0.25) is 0 Å². The Morgan fingerprint density at radius 1 is 0.821 bits per heavy atom. The average Bonchev–Trinajstić information content (AvgIpc) is 2.94. The van der Waals surface area contributed by atoms with Crippen LogP contribution in [0.2, 0.25) is 0 Å². The van der Waals surface area contributed by atoms with Crippen LogP contribution >= 0.6 is 0 Å². The quantitative estimate of drug-likeness (QED) is 0.245. The molecule has 1 aliphatic rings. The van der Waals surface area contributed by atoms with E-state index >= 15 is 0 Å². The molecule has 1 atom stereocenters. The Hall–Kier alpha value is -3.48. The van der Waals surface area contributed by atoms with E-state index in [1.165, 1.54) is 19.3 Å². The molecule has 1 saturated carbocycles. The second kappa shape index (κ2) is 13.0. The molecule has 206 valence electrons. The summed E-state index contributed by atoms with van der Waals surface area (Å²) in [5.74, 6) is -0.663. The van der Waals surface area contributed by atoms with Gasteiger partial charge in [-0.2, -0.15) is 0 Å². The highest BCUT2D eigenvalue weighted by Crippen LogP contribution is 2.27. The Morgan fingerprint density at radius 2 is 1.44 bits per heavy atom. The number of hydrogen-bond donors (Lipinski definition) is 2. The molecule has 0 saturated heterocycles. The summed E-state index contributed by atoms with van der Waals surface area (Å²) in [6.07, 6.45) is 5.20. The molecule has 2 N–H and O–H groups in total. The zero-order valence-electron chi connectivity index (χ0n) is 23.4. The van der Waals surface area contributed by atoms with Crippen LogP contribution in [0, 0.1) is 27.7 Å². The molecule has 1 aliphatic carbocycles. The third-order valence-corrected chi connectivity index (χ3v) is 7.72. The fourth-order valence-corrected chi connectivity index (χ4v) is 4.84. The molecule has 0 amide bonds. The number of nitrogens with one attached hydrogen (secondary N) is 1. The monoisotopic (exact) mass is 529 g/mol. The Bertz CT molecular complexity index is 1330. The van der Waals surface area contributed by atoms with E-state index < -0.39 is 18.0 Å². The predicted octanol–water partition coefficient (Wildman–Crippen LogP) is 6.45. The van der Waals surface area contributed by atoms with Crippen LogP contribution in [-0.2, 0) is 11.3 Å². The smallest absolute Gasteiger partial charge is 0.343 e.